The molecule has 2 aromatic heterocycles. The molecule has 2 heterocycles. The zero-order chi connectivity index (χ0) is 15.3. The molecule has 0 fully saturated rings. The zero-order valence-electron chi connectivity index (χ0n) is 10.2. The van der Waals surface area contributed by atoms with Crippen molar-refractivity contribution in [3.63, 3.8) is 0 Å². The van der Waals surface area contributed by atoms with Crippen LogP contribution in [-0.4, -0.2) is 22.2 Å². The molecule has 0 saturated heterocycles. The van der Waals surface area contributed by atoms with Gasteiger partial charge < -0.3 is 14.6 Å². The number of fused-ring (bicyclic) bond motifs is 3. The second kappa shape index (κ2) is 4.14. The van der Waals surface area contributed by atoms with Crippen LogP contribution in [0.25, 0.3) is 21.5 Å². The maximum absolute atomic E-state index is 11.8. The molecule has 104 valence electrons. The second-order valence-electron chi connectivity index (χ2n) is 4.36. The fraction of sp³-hybridized carbons (Fsp3) is 0. The van der Waals surface area contributed by atoms with Gasteiger partial charge in [0.05, 0.1) is 21.9 Å². The number of carboxylic acid groups (broad SMARTS) is 2. The first kappa shape index (κ1) is 12.8. The van der Waals surface area contributed by atoms with Crippen molar-refractivity contribution in [2.75, 3.05) is 0 Å². The molecule has 0 aliphatic heterocycles. The van der Waals surface area contributed by atoms with Gasteiger partial charge in [-0.05, 0) is 24.3 Å². The number of aromatic carboxylic acids is 2. The molecule has 0 aliphatic rings. The van der Waals surface area contributed by atoms with E-state index in [1.165, 1.54) is 12.1 Å². The highest BCUT2D eigenvalue weighted by molar-refractivity contribution is 6.21. The lowest BCUT2D eigenvalue weighted by Gasteiger charge is -2.06. The average molecular weight is 286 g/mol. The van der Waals surface area contributed by atoms with Crippen molar-refractivity contribution in [3.8, 4) is 0 Å². The van der Waals surface area contributed by atoms with E-state index in [0.717, 1.165) is 12.1 Å². The number of carboxylic acids is 2. The molecule has 4 rings (SSSR count). The molecule has 2 N–H and O–H groups in total. The summed E-state index contributed by atoms with van der Waals surface area (Å²) in [5.41, 5.74) is -2.54. The third kappa shape index (κ3) is 1.68. The first-order valence-corrected chi connectivity index (χ1v) is 5.74. The molecular formula is C14H6O7. The van der Waals surface area contributed by atoms with Crippen molar-refractivity contribution < 1.29 is 24.2 Å². The van der Waals surface area contributed by atoms with Gasteiger partial charge in [-0.15, -0.1) is 0 Å². The van der Waals surface area contributed by atoms with E-state index in [1.54, 1.807) is 0 Å². The van der Waals surface area contributed by atoms with Gasteiger partial charge in [0.25, 0.3) is 0 Å². The molecule has 7 nitrogen and oxygen atoms in total. The van der Waals surface area contributed by atoms with Gasteiger partial charge >= 0.3 is 23.2 Å². The van der Waals surface area contributed by atoms with E-state index in [4.69, 9.17) is 0 Å². The number of carbonyl (C=O) groups is 2. The van der Waals surface area contributed by atoms with Crippen molar-refractivity contribution in [1.82, 2.24) is 0 Å². The molecule has 2 aromatic carbocycles. The van der Waals surface area contributed by atoms with Crippen LogP contribution in [-0.2, 0) is 0 Å². The molecule has 0 saturated carbocycles. The molecule has 0 radical (unpaired) electrons. The Morgan fingerprint density at radius 3 is 1.48 bits per heavy atom. The van der Waals surface area contributed by atoms with Crippen LogP contribution in [0.15, 0.2) is 38.3 Å². The maximum atomic E-state index is 11.8. The van der Waals surface area contributed by atoms with Crippen LogP contribution in [0, 0.1) is 0 Å². The SMILES string of the molecule is O=C(O)c1ccc(C(=O)O)c2c3ccc(c(=O)oc3=O)c12. The van der Waals surface area contributed by atoms with Crippen LogP contribution in [0.5, 0.6) is 0 Å². The number of rotatable bonds is 2. The minimum absolute atomic E-state index is 0.101. The van der Waals surface area contributed by atoms with Crippen LogP contribution in [0.1, 0.15) is 20.7 Å². The quantitative estimate of drug-likeness (QED) is 0.724. The number of hydrogen-bond acceptors (Lipinski definition) is 5. The third-order valence-corrected chi connectivity index (χ3v) is 3.25. The van der Waals surface area contributed by atoms with Gasteiger partial charge in [-0.25, -0.2) is 19.2 Å². The highest BCUT2D eigenvalue weighted by Crippen LogP contribution is 2.29. The lowest BCUT2D eigenvalue weighted by molar-refractivity contribution is 0.0684. The van der Waals surface area contributed by atoms with Gasteiger partial charge in [-0.2, -0.15) is 0 Å². The van der Waals surface area contributed by atoms with Crippen molar-refractivity contribution in [3.05, 3.63) is 56.2 Å². The minimum Gasteiger partial charge on any atom is -0.478 e. The van der Waals surface area contributed by atoms with Crippen LogP contribution in [0.2, 0.25) is 0 Å². The highest BCUT2D eigenvalue weighted by atomic mass is 16.4. The predicted octanol–water partition coefficient (Wildman–Crippen LogP) is 1.14. The monoisotopic (exact) mass is 286 g/mol. The van der Waals surface area contributed by atoms with Gasteiger partial charge in [0.2, 0.25) is 0 Å². The summed E-state index contributed by atoms with van der Waals surface area (Å²) in [6.45, 7) is 0. The van der Waals surface area contributed by atoms with Crippen LogP contribution in [0.4, 0.5) is 0 Å². The molecule has 0 aliphatic carbocycles. The van der Waals surface area contributed by atoms with E-state index < -0.39 is 23.2 Å². The highest BCUT2D eigenvalue weighted by Gasteiger charge is 2.21. The topological polar surface area (TPSA) is 122 Å². The van der Waals surface area contributed by atoms with Gasteiger partial charge in [-0.1, -0.05) is 0 Å². The molecule has 4 aromatic rings. The van der Waals surface area contributed by atoms with Crippen LogP contribution >= 0.6 is 0 Å². The first-order chi connectivity index (χ1) is 9.91. The predicted molar refractivity (Wildman–Crippen MR) is 71.4 cm³/mol. The molecular weight excluding hydrogens is 280 g/mol. The fourth-order valence-corrected chi connectivity index (χ4v) is 2.39. The number of benzene rings is 2. The Bertz CT molecular complexity index is 948. The summed E-state index contributed by atoms with van der Waals surface area (Å²) in [4.78, 5) is 46.2. The van der Waals surface area contributed by atoms with E-state index in [9.17, 15) is 29.4 Å². The summed E-state index contributed by atoms with van der Waals surface area (Å²) >= 11 is 0. The fourth-order valence-electron chi connectivity index (χ4n) is 2.39. The summed E-state index contributed by atoms with van der Waals surface area (Å²) < 4.78 is 4.55. The standard InChI is InChI=1S/C14H6O7/c15-11(16)5-1-2-6(12(17)18)10-8-4-3-7(9(5)10)13(19)21-14(8)20/h1-4H,(H,15,16)(H,17,18). The summed E-state index contributed by atoms with van der Waals surface area (Å²) in [5.74, 6) is -2.67. The molecule has 0 unspecified atom stereocenters. The van der Waals surface area contributed by atoms with Crippen molar-refractivity contribution in [2.24, 2.45) is 0 Å². The molecule has 0 amide bonds. The Kier molecular flexibility index (Phi) is 2.52. The van der Waals surface area contributed by atoms with E-state index >= 15 is 0 Å². The summed E-state index contributed by atoms with van der Waals surface area (Å²) in [6, 6.07) is 4.68. The van der Waals surface area contributed by atoms with Crippen LogP contribution < -0.4 is 11.3 Å². The zero-order valence-corrected chi connectivity index (χ0v) is 10.2. The molecule has 2 bridgehead atoms. The molecule has 0 atom stereocenters. The van der Waals surface area contributed by atoms with Gasteiger partial charge in [0.1, 0.15) is 0 Å². The Morgan fingerprint density at radius 2 is 1.14 bits per heavy atom. The van der Waals surface area contributed by atoms with E-state index in [0.29, 0.717) is 0 Å². The molecule has 7 heteroatoms. The normalized spacial score (nSPS) is 11.0. The second-order valence-corrected chi connectivity index (χ2v) is 4.36. The van der Waals surface area contributed by atoms with Gasteiger partial charge in [-0.3, -0.25) is 0 Å². The number of hydrogen-bond donors (Lipinski definition) is 2. The summed E-state index contributed by atoms with van der Waals surface area (Å²) in [7, 11) is 0. The minimum atomic E-state index is -1.34. The largest absolute Gasteiger partial charge is 0.478 e. The van der Waals surface area contributed by atoms with Crippen molar-refractivity contribution >= 4 is 33.5 Å². The smallest absolute Gasteiger partial charge is 0.346 e. The Hall–Kier alpha value is -3.22. The lowest BCUT2D eigenvalue weighted by Crippen LogP contribution is -2.05. The lowest BCUT2D eigenvalue weighted by atomic mass is 9.95. The van der Waals surface area contributed by atoms with Crippen molar-refractivity contribution in [1.29, 1.82) is 0 Å². The molecule has 0 spiro atoms. The Morgan fingerprint density at radius 1 is 0.762 bits per heavy atom. The first-order valence-electron chi connectivity index (χ1n) is 5.74. The third-order valence-electron chi connectivity index (χ3n) is 3.25. The van der Waals surface area contributed by atoms with Crippen LogP contribution in [0.3, 0.4) is 0 Å². The van der Waals surface area contributed by atoms with E-state index in [2.05, 4.69) is 4.42 Å². The van der Waals surface area contributed by atoms with E-state index in [1.807, 2.05) is 0 Å². The Labute approximate surface area is 115 Å². The summed E-state index contributed by atoms with van der Waals surface area (Å²) in [6.07, 6.45) is 0. The van der Waals surface area contributed by atoms with Gasteiger partial charge in [0.15, 0.2) is 0 Å². The Balaban J connectivity index is 2.82. The van der Waals surface area contributed by atoms with Gasteiger partial charge in [0, 0.05) is 10.8 Å². The van der Waals surface area contributed by atoms with E-state index in [-0.39, 0.29) is 32.7 Å². The average Bonchev–Trinajstić information content (AvgIpc) is 2.62. The van der Waals surface area contributed by atoms with Crippen molar-refractivity contribution in [2.45, 2.75) is 0 Å². The molecule has 21 heavy (non-hydrogen) atoms. The maximum Gasteiger partial charge on any atom is 0.346 e. The summed E-state index contributed by atoms with van der Waals surface area (Å²) in [5, 5.41) is 17.9.